The first-order chi connectivity index (χ1) is 11.7. The van der Waals surface area contributed by atoms with Gasteiger partial charge in [-0.15, -0.1) is 12.4 Å². The number of ether oxygens (including phenoxy) is 1. The highest BCUT2D eigenvalue weighted by molar-refractivity contribution is 5.94. The van der Waals surface area contributed by atoms with E-state index in [4.69, 9.17) is 4.74 Å². The average Bonchev–Trinajstić information content (AvgIpc) is 3.45. The second-order valence-electron chi connectivity index (χ2n) is 6.48. The van der Waals surface area contributed by atoms with E-state index < -0.39 is 0 Å². The monoisotopic (exact) mass is 367 g/mol. The molecule has 3 rings (SSSR count). The highest BCUT2D eigenvalue weighted by Crippen LogP contribution is 2.27. The van der Waals surface area contributed by atoms with Gasteiger partial charge in [0, 0.05) is 31.7 Å². The van der Waals surface area contributed by atoms with Gasteiger partial charge in [0.2, 0.25) is 5.91 Å². The van der Waals surface area contributed by atoms with E-state index in [1.54, 1.807) is 31.4 Å². The fraction of sp³-hybridized carbons (Fsp3) is 0.556. The summed E-state index contributed by atoms with van der Waals surface area (Å²) in [6, 6.07) is 7.14. The van der Waals surface area contributed by atoms with Crippen LogP contribution in [0.4, 0.5) is 0 Å². The van der Waals surface area contributed by atoms with Gasteiger partial charge in [0.25, 0.3) is 5.91 Å². The Labute approximate surface area is 154 Å². The van der Waals surface area contributed by atoms with E-state index in [1.165, 1.54) is 12.8 Å². The van der Waals surface area contributed by atoms with E-state index in [9.17, 15) is 9.59 Å². The maximum absolute atomic E-state index is 12.5. The van der Waals surface area contributed by atoms with Gasteiger partial charge in [0.05, 0.1) is 13.7 Å². The number of hydrogen-bond acceptors (Lipinski definition) is 4. The molecule has 1 N–H and O–H groups in total. The number of piperazine rings is 1. The Morgan fingerprint density at radius 2 is 1.68 bits per heavy atom. The lowest BCUT2D eigenvalue weighted by molar-refractivity contribution is -0.131. The number of amides is 2. The Kier molecular flexibility index (Phi) is 7.08. The molecule has 1 saturated carbocycles. The van der Waals surface area contributed by atoms with Gasteiger partial charge in [-0.05, 0) is 49.6 Å². The zero-order valence-corrected chi connectivity index (χ0v) is 15.4. The molecule has 1 aromatic rings. The van der Waals surface area contributed by atoms with Gasteiger partial charge >= 0.3 is 0 Å². The summed E-state index contributed by atoms with van der Waals surface area (Å²) in [5.74, 6) is 1.65. The quantitative estimate of drug-likeness (QED) is 0.825. The van der Waals surface area contributed by atoms with Crippen molar-refractivity contribution in [2.45, 2.75) is 12.8 Å². The number of halogens is 1. The highest BCUT2D eigenvalue weighted by atomic mass is 35.5. The Bertz CT molecular complexity index is 582. The minimum atomic E-state index is 0. The fourth-order valence-corrected chi connectivity index (χ4v) is 2.89. The van der Waals surface area contributed by atoms with E-state index in [2.05, 4.69) is 5.32 Å². The molecule has 138 valence electrons. The largest absolute Gasteiger partial charge is 0.497 e. The summed E-state index contributed by atoms with van der Waals surface area (Å²) in [7, 11) is 1.60. The number of hydrogen-bond donors (Lipinski definition) is 1. The average molecular weight is 368 g/mol. The number of benzene rings is 1. The highest BCUT2D eigenvalue weighted by Gasteiger charge is 2.25. The topological polar surface area (TPSA) is 61.9 Å². The normalized spacial score (nSPS) is 17.0. The third kappa shape index (κ3) is 5.34. The second-order valence-corrected chi connectivity index (χ2v) is 6.48. The van der Waals surface area contributed by atoms with Crippen LogP contribution in [0.1, 0.15) is 23.2 Å². The fourth-order valence-electron chi connectivity index (χ4n) is 2.89. The van der Waals surface area contributed by atoms with Crippen molar-refractivity contribution in [2.75, 3.05) is 46.4 Å². The molecule has 1 aromatic carbocycles. The number of carbonyl (C=O) groups is 2. The van der Waals surface area contributed by atoms with Crippen molar-refractivity contribution >= 4 is 24.2 Å². The zero-order valence-electron chi connectivity index (χ0n) is 14.6. The number of carbonyl (C=O) groups excluding carboxylic acids is 2. The van der Waals surface area contributed by atoms with Gasteiger partial charge < -0.3 is 19.9 Å². The van der Waals surface area contributed by atoms with E-state index in [1.807, 2.05) is 9.80 Å². The van der Waals surface area contributed by atoms with Crippen LogP contribution in [-0.2, 0) is 4.79 Å². The van der Waals surface area contributed by atoms with Crippen molar-refractivity contribution in [3.63, 3.8) is 0 Å². The van der Waals surface area contributed by atoms with Crippen molar-refractivity contribution in [3.05, 3.63) is 29.8 Å². The molecule has 0 radical (unpaired) electrons. The van der Waals surface area contributed by atoms with E-state index in [0.717, 1.165) is 18.2 Å². The summed E-state index contributed by atoms with van der Waals surface area (Å²) in [5.41, 5.74) is 0.654. The molecule has 1 aliphatic carbocycles. The molecule has 2 amide bonds. The van der Waals surface area contributed by atoms with Gasteiger partial charge in [-0.3, -0.25) is 9.59 Å². The minimum absolute atomic E-state index is 0. The molecule has 25 heavy (non-hydrogen) atoms. The van der Waals surface area contributed by atoms with Crippen LogP contribution in [0.3, 0.4) is 0 Å². The molecule has 2 fully saturated rings. The van der Waals surface area contributed by atoms with Crippen LogP contribution >= 0.6 is 12.4 Å². The molecule has 1 saturated heterocycles. The van der Waals surface area contributed by atoms with Gasteiger partial charge in [-0.2, -0.15) is 0 Å². The van der Waals surface area contributed by atoms with Crippen molar-refractivity contribution in [1.29, 1.82) is 0 Å². The van der Waals surface area contributed by atoms with E-state index in [-0.39, 0.29) is 24.2 Å². The van der Waals surface area contributed by atoms with Crippen molar-refractivity contribution in [1.82, 2.24) is 15.1 Å². The third-order valence-electron chi connectivity index (χ3n) is 4.66. The lowest BCUT2D eigenvalue weighted by Gasteiger charge is -2.35. The maximum Gasteiger partial charge on any atom is 0.253 e. The second kappa shape index (κ2) is 9.06. The molecule has 0 atom stereocenters. The molecule has 0 bridgehead atoms. The number of nitrogens with zero attached hydrogens (tertiary/aromatic N) is 2. The molecule has 0 spiro atoms. The summed E-state index contributed by atoms with van der Waals surface area (Å²) in [6.45, 7) is 3.72. The summed E-state index contributed by atoms with van der Waals surface area (Å²) >= 11 is 0. The molecule has 0 unspecified atom stereocenters. The first-order valence-electron chi connectivity index (χ1n) is 8.59. The first-order valence-corrected chi connectivity index (χ1v) is 8.59. The minimum Gasteiger partial charge on any atom is -0.497 e. The molecular weight excluding hydrogens is 342 g/mol. The Morgan fingerprint density at radius 3 is 2.24 bits per heavy atom. The smallest absolute Gasteiger partial charge is 0.253 e. The molecule has 6 nitrogen and oxygen atoms in total. The summed E-state index contributed by atoms with van der Waals surface area (Å²) < 4.78 is 5.11. The van der Waals surface area contributed by atoms with Crippen LogP contribution in [0.2, 0.25) is 0 Å². The lowest BCUT2D eigenvalue weighted by atomic mass is 10.1. The van der Waals surface area contributed by atoms with Crippen LogP contribution in [0.5, 0.6) is 5.75 Å². The predicted molar refractivity (Wildman–Crippen MR) is 98.3 cm³/mol. The Hall–Kier alpha value is -1.79. The predicted octanol–water partition coefficient (Wildman–Crippen LogP) is 1.40. The SMILES string of the molecule is COc1ccc(C(=O)N2CCN(C(=O)CNCC3CC3)CC2)cc1.Cl. The number of methoxy groups -OCH3 is 1. The third-order valence-corrected chi connectivity index (χ3v) is 4.66. The van der Waals surface area contributed by atoms with Gasteiger partial charge in [-0.25, -0.2) is 0 Å². The Balaban J connectivity index is 0.00000225. The van der Waals surface area contributed by atoms with Crippen LogP contribution < -0.4 is 10.1 Å². The maximum atomic E-state index is 12.5. The van der Waals surface area contributed by atoms with Gasteiger partial charge in [-0.1, -0.05) is 0 Å². The lowest BCUT2D eigenvalue weighted by Crippen LogP contribution is -2.52. The van der Waals surface area contributed by atoms with E-state index in [0.29, 0.717) is 38.3 Å². The standard InChI is InChI=1S/C18H25N3O3.ClH/c1-24-16-6-4-15(5-7-16)18(23)21-10-8-20(9-11-21)17(22)13-19-12-14-2-3-14;/h4-7,14,19H,2-3,8-13H2,1H3;1H. The van der Waals surface area contributed by atoms with Crippen LogP contribution in [-0.4, -0.2) is 68.0 Å². The molecule has 2 aliphatic rings. The first kappa shape index (κ1) is 19.5. The van der Waals surface area contributed by atoms with Gasteiger partial charge in [0.1, 0.15) is 5.75 Å². The Morgan fingerprint density at radius 1 is 1.08 bits per heavy atom. The van der Waals surface area contributed by atoms with Crippen LogP contribution in [0.25, 0.3) is 0 Å². The number of nitrogens with one attached hydrogen (secondary N) is 1. The molecule has 1 heterocycles. The zero-order chi connectivity index (χ0) is 16.9. The van der Waals surface area contributed by atoms with Crippen molar-refractivity contribution in [2.24, 2.45) is 5.92 Å². The van der Waals surface area contributed by atoms with Crippen molar-refractivity contribution in [3.8, 4) is 5.75 Å². The molecule has 1 aliphatic heterocycles. The van der Waals surface area contributed by atoms with Crippen molar-refractivity contribution < 1.29 is 14.3 Å². The molecule has 0 aromatic heterocycles. The summed E-state index contributed by atoms with van der Waals surface area (Å²) in [5, 5.41) is 3.23. The summed E-state index contributed by atoms with van der Waals surface area (Å²) in [4.78, 5) is 28.3. The summed E-state index contributed by atoms with van der Waals surface area (Å²) in [6.07, 6.45) is 2.57. The molecular formula is C18H26ClN3O3. The van der Waals surface area contributed by atoms with Gasteiger partial charge in [0.15, 0.2) is 0 Å². The number of rotatable bonds is 6. The van der Waals surface area contributed by atoms with E-state index >= 15 is 0 Å². The van der Waals surface area contributed by atoms with Crippen LogP contribution in [0, 0.1) is 5.92 Å². The molecule has 7 heteroatoms. The van der Waals surface area contributed by atoms with Crippen LogP contribution in [0.15, 0.2) is 24.3 Å².